The summed E-state index contributed by atoms with van der Waals surface area (Å²) in [5, 5.41) is 12.0. The topological polar surface area (TPSA) is 52.0 Å². The van der Waals surface area contributed by atoms with Crippen molar-refractivity contribution in [3.05, 3.63) is 24.0 Å². The smallest absolute Gasteiger partial charge is 0.140 e. The number of aromatic nitrogens is 1. The number of hydrogen-bond acceptors (Lipinski definition) is 4. The lowest BCUT2D eigenvalue weighted by molar-refractivity contribution is 0.433. The van der Waals surface area contributed by atoms with E-state index >= 15 is 0 Å². The summed E-state index contributed by atoms with van der Waals surface area (Å²) in [4.78, 5) is 6.61. The van der Waals surface area contributed by atoms with Crippen LogP contribution in [0.2, 0.25) is 0 Å². The molecule has 4 heteroatoms. The van der Waals surface area contributed by atoms with Gasteiger partial charge < -0.3 is 10.2 Å². The molecule has 96 valence electrons. The second kappa shape index (κ2) is 6.36. The van der Waals surface area contributed by atoms with Gasteiger partial charge in [-0.05, 0) is 51.4 Å². The van der Waals surface area contributed by atoms with Gasteiger partial charge in [-0.3, -0.25) is 0 Å². The van der Waals surface area contributed by atoms with E-state index in [4.69, 9.17) is 5.26 Å². The average Bonchev–Trinajstić information content (AvgIpc) is 2.45. The van der Waals surface area contributed by atoms with Crippen LogP contribution in [0.1, 0.15) is 31.4 Å². The van der Waals surface area contributed by atoms with Gasteiger partial charge in [-0.2, -0.15) is 5.26 Å². The Hall–Kier alpha value is -1.60. The number of pyridine rings is 1. The maximum atomic E-state index is 8.77. The molecule has 0 saturated carbocycles. The second-order valence-electron chi connectivity index (χ2n) is 4.75. The molecule has 1 fully saturated rings. The van der Waals surface area contributed by atoms with E-state index in [1.165, 1.54) is 19.3 Å². The molecular formula is C14H20N4. The van der Waals surface area contributed by atoms with Gasteiger partial charge in [0.2, 0.25) is 0 Å². The van der Waals surface area contributed by atoms with Crippen LogP contribution in [0.3, 0.4) is 0 Å². The molecule has 2 heterocycles. The highest BCUT2D eigenvalue weighted by atomic mass is 15.2. The molecule has 1 unspecified atom stereocenters. The predicted molar refractivity (Wildman–Crippen MR) is 72.5 cm³/mol. The van der Waals surface area contributed by atoms with Crippen molar-refractivity contribution in [1.82, 2.24) is 10.3 Å². The Morgan fingerprint density at radius 2 is 2.39 bits per heavy atom. The zero-order valence-corrected chi connectivity index (χ0v) is 10.9. The van der Waals surface area contributed by atoms with Crippen molar-refractivity contribution < 1.29 is 0 Å². The van der Waals surface area contributed by atoms with E-state index in [9.17, 15) is 0 Å². The molecule has 1 aromatic rings. The number of nitrogens with zero attached hydrogens (tertiary/aromatic N) is 3. The third-order valence-electron chi connectivity index (χ3n) is 3.55. The standard InChI is InChI=1S/C14H20N4/c1-16-8-7-13-4-2-3-9-18(13)14-6-5-12(10-15)17-11-14/h5-6,11,13,16H,2-4,7-9H2,1H3. The minimum Gasteiger partial charge on any atom is -0.367 e. The Morgan fingerprint density at radius 3 is 3.06 bits per heavy atom. The van der Waals surface area contributed by atoms with Crippen molar-refractivity contribution in [2.24, 2.45) is 0 Å². The Kier molecular flexibility index (Phi) is 4.54. The summed E-state index contributed by atoms with van der Waals surface area (Å²) >= 11 is 0. The van der Waals surface area contributed by atoms with Gasteiger partial charge in [0.05, 0.1) is 11.9 Å². The van der Waals surface area contributed by atoms with Crippen LogP contribution >= 0.6 is 0 Å². The molecule has 1 aliphatic heterocycles. The van der Waals surface area contributed by atoms with E-state index in [0.29, 0.717) is 11.7 Å². The summed E-state index contributed by atoms with van der Waals surface area (Å²) < 4.78 is 0. The molecule has 4 nitrogen and oxygen atoms in total. The molecule has 2 rings (SSSR count). The molecule has 1 saturated heterocycles. The second-order valence-corrected chi connectivity index (χ2v) is 4.75. The quantitative estimate of drug-likeness (QED) is 0.879. The van der Waals surface area contributed by atoms with Crippen LogP contribution in [0.4, 0.5) is 5.69 Å². The zero-order valence-electron chi connectivity index (χ0n) is 10.9. The third kappa shape index (κ3) is 2.99. The Labute approximate surface area is 109 Å². The molecule has 1 aliphatic rings. The highest BCUT2D eigenvalue weighted by Crippen LogP contribution is 2.25. The first-order valence-electron chi connectivity index (χ1n) is 6.62. The maximum absolute atomic E-state index is 8.77. The predicted octanol–water partition coefficient (Wildman–Crippen LogP) is 1.92. The number of rotatable bonds is 4. The number of piperidine rings is 1. The highest BCUT2D eigenvalue weighted by molar-refractivity contribution is 5.47. The lowest BCUT2D eigenvalue weighted by atomic mass is 9.98. The molecule has 0 spiro atoms. The fraction of sp³-hybridized carbons (Fsp3) is 0.571. The molecule has 1 atom stereocenters. The SMILES string of the molecule is CNCCC1CCCCN1c1ccc(C#N)nc1. The average molecular weight is 244 g/mol. The van der Waals surface area contributed by atoms with Crippen LogP contribution in [-0.2, 0) is 0 Å². The summed E-state index contributed by atoms with van der Waals surface area (Å²) in [5.74, 6) is 0. The van der Waals surface area contributed by atoms with Gasteiger partial charge in [-0.25, -0.2) is 4.98 Å². The van der Waals surface area contributed by atoms with E-state index in [0.717, 1.165) is 25.2 Å². The van der Waals surface area contributed by atoms with Crippen molar-refractivity contribution in [3.63, 3.8) is 0 Å². The van der Waals surface area contributed by atoms with E-state index in [2.05, 4.69) is 21.3 Å². The Balaban J connectivity index is 2.09. The lowest BCUT2D eigenvalue weighted by Gasteiger charge is -2.37. The van der Waals surface area contributed by atoms with E-state index in [1.54, 1.807) is 6.07 Å². The maximum Gasteiger partial charge on any atom is 0.140 e. The Bertz CT molecular complexity index is 407. The van der Waals surface area contributed by atoms with E-state index in [-0.39, 0.29) is 0 Å². The largest absolute Gasteiger partial charge is 0.367 e. The molecule has 0 bridgehead atoms. The van der Waals surface area contributed by atoms with Crippen molar-refractivity contribution in [3.8, 4) is 6.07 Å². The molecule has 18 heavy (non-hydrogen) atoms. The van der Waals surface area contributed by atoms with Crippen molar-refractivity contribution in [1.29, 1.82) is 5.26 Å². The van der Waals surface area contributed by atoms with Gasteiger partial charge in [-0.1, -0.05) is 0 Å². The zero-order chi connectivity index (χ0) is 12.8. The first kappa shape index (κ1) is 12.8. The van der Waals surface area contributed by atoms with Gasteiger partial charge in [0.25, 0.3) is 0 Å². The molecular weight excluding hydrogens is 224 g/mol. The minimum absolute atomic E-state index is 0.488. The van der Waals surface area contributed by atoms with Gasteiger partial charge in [-0.15, -0.1) is 0 Å². The summed E-state index contributed by atoms with van der Waals surface area (Å²) in [5.41, 5.74) is 1.64. The van der Waals surface area contributed by atoms with Gasteiger partial charge >= 0.3 is 0 Å². The van der Waals surface area contributed by atoms with Crippen LogP contribution in [0.15, 0.2) is 18.3 Å². The van der Waals surface area contributed by atoms with Gasteiger partial charge in [0, 0.05) is 12.6 Å². The lowest BCUT2D eigenvalue weighted by Crippen LogP contribution is -2.41. The number of anilines is 1. The number of nitriles is 1. The van der Waals surface area contributed by atoms with Gasteiger partial charge in [0.1, 0.15) is 11.8 Å². The highest BCUT2D eigenvalue weighted by Gasteiger charge is 2.22. The molecule has 0 aromatic carbocycles. The summed E-state index contributed by atoms with van der Waals surface area (Å²) in [6.07, 6.45) is 6.80. The van der Waals surface area contributed by atoms with Crippen molar-refractivity contribution in [2.75, 3.05) is 25.0 Å². The fourth-order valence-electron chi connectivity index (χ4n) is 2.57. The first-order valence-corrected chi connectivity index (χ1v) is 6.62. The van der Waals surface area contributed by atoms with Crippen molar-refractivity contribution in [2.45, 2.75) is 31.7 Å². The monoisotopic (exact) mass is 244 g/mol. The van der Waals surface area contributed by atoms with Crippen LogP contribution < -0.4 is 10.2 Å². The van der Waals surface area contributed by atoms with E-state index in [1.807, 2.05) is 19.3 Å². The van der Waals surface area contributed by atoms with Gasteiger partial charge in [0.15, 0.2) is 0 Å². The van der Waals surface area contributed by atoms with E-state index < -0.39 is 0 Å². The molecule has 0 aliphatic carbocycles. The minimum atomic E-state index is 0.488. The third-order valence-corrected chi connectivity index (χ3v) is 3.55. The van der Waals surface area contributed by atoms with Crippen molar-refractivity contribution >= 4 is 5.69 Å². The van der Waals surface area contributed by atoms with Crippen LogP contribution in [0.25, 0.3) is 0 Å². The number of hydrogen-bond donors (Lipinski definition) is 1. The van der Waals surface area contributed by atoms with Crippen LogP contribution in [-0.4, -0.2) is 31.2 Å². The molecule has 1 aromatic heterocycles. The summed E-state index contributed by atoms with van der Waals surface area (Å²) in [7, 11) is 2.00. The van der Waals surface area contributed by atoms with Crippen LogP contribution in [0.5, 0.6) is 0 Å². The first-order chi connectivity index (χ1) is 8.85. The molecule has 0 radical (unpaired) electrons. The fourth-order valence-corrected chi connectivity index (χ4v) is 2.57. The molecule has 1 N–H and O–H groups in total. The normalized spacial score (nSPS) is 19.6. The molecule has 0 amide bonds. The van der Waals surface area contributed by atoms with Crippen LogP contribution in [0, 0.1) is 11.3 Å². The summed E-state index contributed by atoms with van der Waals surface area (Å²) in [6.45, 7) is 2.15. The Morgan fingerprint density at radius 1 is 1.50 bits per heavy atom. The summed E-state index contributed by atoms with van der Waals surface area (Å²) in [6, 6.07) is 6.48. The number of nitrogens with one attached hydrogen (secondary N) is 1.